The molecule has 96 valence electrons. The SMILES string of the molecule is CN(C)CCCc1c(F)cccc1C(F)(F)F. The van der Waals surface area contributed by atoms with Crippen LogP contribution >= 0.6 is 0 Å². The Balaban J connectivity index is 2.89. The van der Waals surface area contributed by atoms with Crippen LogP contribution in [-0.4, -0.2) is 25.5 Å². The first-order chi connectivity index (χ1) is 7.82. The van der Waals surface area contributed by atoms with E-state index in [4.69, 9.17) is 0 Å². The van der Waals surface area contributed by atoms with E-state index in [1.807, 2.05) is 19.0 Å². The largest absolute Gasteiger partial charge is 0.416 e. The fourth-order valence-corrected chi connectivity index (χ4v) is 1.65. The molecule has 0 aliphatic heterocycles. The summed E-state index contributed by atoms with van der Waals surface area (Å²) in [6.45, 7) is 0.631. The van der Waals surface area contributed by atoms with Gasteiger partial charge < -0.3 is 4.90 Å². The molecule has 1 aromatic carbocycles. The van der Waals surface area contributed by atoms with Gasteiger partial charge in [-0.3, -0.25) is 0 Å². The number of nitrogens with zero attached hydrogens (tertiary/aromatic N) is 1. The lowest BCUT2D eigenvalue weighted by molar-refractivity contribution is -0.138. The van der Waals surface area contributed by atoms with Gasteiger partial charge in [0.2, 0.25) is 0 Å². The van der Waals surface area contributed by atoms with E-state index in [2.05, 4.69) is 0 Å². The van der Waals surface area contributed by atoms with E-state index < -0.39 is 17.6 Å². The standard InChI is InChI=1S/C12H15F4N/c1-17(2)8-4-5-9-10(12(14,15)16)6-3-7-11(9)13/h3,6-7H,4-5,8H2,1-2H3. The summed E-state index contributed by atoms with van der Waals surface area (Å²) >= 11 is 0. The van der Waals surface area contributed by atoms with Crippen LogP contribution in [0.2, 0.25) is 0 Å². The van der Waals surface area contributed by atoms with Gasteiger partial charge in [0.05, 0.1) is 5.56 Å². The van der Waals surface area contributed by atoms with Gasteiger partial charge in [0.25, 0.3) is 0 Å². The Labute approximate surface area is 98.0 Å². The van der Waals surface area contributed by atoms with Gasteiger partial charge in [-0.05, 0) is 45.6 Å². The van der Waals surface area contributed by atoms with Gasteiger partial charge in [-0.25, -0.2) is 4.39 Å². The molecular weight excluding hydrogens is 234 g/mol. The normalized spacial score (nSPS) is 12.2. The minimum atomic E-state index is -4.49. The van der Waals surface area contributed by atoms with E-state index in [1.165, 1.54) is 0 Å². The monoisotopic (exact) mass is 249 g/mol. The minimum Gasteiger partial charge on any atom is -0.309 e. The fraction of sp³-hybridized carbons (Fsp3) is 0.500. The summed E-state index contributed by atoms with van der Waals surface area (Å²) in [6.07, 6.45) is -3.90. The second-order valence-corrected chi connectivity index (χ2v) is 4.17. The molecule has 0 aliphatic carbocycles. The molecule has 5 heteroatoms. The van der Waals surface area contributed by atoms with Crippen molar-refractivity contribution in [1.82, 2.24) is 4.90 Å². The third kappa shape index (κ3) is 4.00. The van der Waals surface area contributed by atoms with E-state index in [1.54, 1.807) is 0 Å². The molecule has 0 heterocycles. The molecular formula is C12H15F4N. The summed E-state index contributed by atoms with van der Waals surface area (Å²) in [5, 5.41) is 0. The molecule has 0 amide bonds. The molecule has 1 aromatic rings. The van der Waals surface area contributed by atoms with Crippen LogP contribution in [0.15, 0.2) is 18.2 Å². The highest BCUT2D eigenvalue weighted by molar-refractivity contribution is 5.31. The van der Waals surface area contributed by atoms with Crippen LogP contribution in [0.4, 0.5) is 17.6 Å². The Morgan fingerprint density at radius 1 is 1.18 bits per heavy atom. The molecule has 0 radical (unpaired) electrons. The van der Waals surface area contributed by atoms with Crippen LogP contribution in [-0.2, 0) is 12.6 Å². The Morgan fingerprint density at radius 3 is 2.35 bits per heavy atom. The molecule has 0 aromatic heterocycles. The summed E-state index contributed by atoms with van der Waals surface area (Å²) in [4.78, 5) is 1.86. The van der Waals surface area contributed by atoms with Gasteiger partial charge in [-0.1, -0.05) is 6.07 Å². The number of halogens is 4. The van der Waals surface area contributed by atoms with Crippen molar-refractivity contribution in [1.29, 1.82) is 0 Å². The van der Waals surface area contributed by atoms with Gasteiger partial charge in [0, 0.05) is 5.56 Å². The third-order valence-corrected chi connectivity index (χ3v) is 2.46. The van der Waals surface area contributed by atoms with E-state index in [0.29, 0.717) is 13.0 Å². The molecule has 0 N–H and O–H groups in total. The van der Waals surface area contributed by atoms with Crippen molar-refractivity contribution in [3.63, 3.8) is 0 Å². The molecule has 0 saturated heterocycles. The first-order valence-electron chi connectivity index (χ1n) is 5.31. The average molecular weight is 249 g/mol. The number of benzene rings is 1. The van der Waals surface area contributed by atoms with Gasteiger partial charge in [0.1, 0.15) is 5.82 Å². The van der Waals surface area contributed by atoms with Crippen LogP contribution in [0.1, 0.15) is 17.5 Å². The van der Waals surface area contributed by atoms with Crippen molar-refractivity contribution < 1.29 is 17.6 Å². The van der Waals surface area contributed by atoms with E-state index >= 15 is 0 Å². The maximum atomic E-state index is 13.4. The molecule has 17 heavy (non-hydrogen) atoms. The smallest absolute Gasteiger partial charge is 0.309 e. The molecule has 0 unspecified atom stereocenters. The Bertz CT molecular complexity index is 371. The summed E-state index contributed by atoms with van der Waals surface area (Å²) in [6, 6.07) is 3.09. The first kappa shape index (κ1) is 14.0. The van der Waals surface area contributed by atoms with Crippen LogP contribution in [0.3, 0.4) is 0 Å². The maximum Gasteiger partial charge on any atom is 0.416 e. The van der Waals surface area contributed by atoms with Crippen molar-refractivity contribution in [3.05, 3.63) is 35.1 Å². The first-order valence-corrected chi connectivity index (χ1v) is 5.31. The number of hydrogen-bond donors (Lipinski definition) is 0. The second-order valence-electron chi connectivity index (χ2n) is 4.17. The summed E-state index contributed by atoms with van der Waals surface area (Å²) in [5.74, 6) is -0.779. The van der Waals surface area contributed by atoms with Gasteiger partial charge in [0.15, 0.2) is 0 Å². The zero-order valence-electron chi connectivity index (χ0n) is 9.81. The van der Waals surface area contributed by atoms with E-state index in [-0.39, 0.29) is 12.0 Å². The quantitative estimate of drug-likeness (QED) is 0.740. The second kappa shape index (κ2) is 5.49. The summed E-state index contributed by atoms with van der Waals surface area (Å²) in [7, 11) is 3.65. The van der Waals surface area contributed by atoms with Crippen LogP contribution < -0.4 is 0 Å². The zero-order valence-corrected chi connectivity index (χ0v) is 9.81. The molecule has 0 fully saturated rings. The summed E-state index contributed by atoms with van der Waals surface area (Å²) < 4.78 is 51.3. The average Bonchev–Trinajstić information content (AvgIpc) is 2.18. The number of rotatable bonds is 4. The van der Waals surface area contributed by atoms with Crippen molar-refractivity contribution in [2.24, 2.45) is 0 Å². The highest BCUT2D eigenvalue weighted by Crippen LogP contribution is 2.33. The maximum absolute atomic E-state index is 13.4. The Hall–Kier alpha value is -1.10. The topological polar surface area (TPSA) is 3.24 Å². The van der Waals surface area contributed by atoms with Crippen molar-refractivity contribution in [2.45, 2.75) is 19.0 Å². The predicted octanol–water partition coefficient (Wildman–Crippen LogP) is 3.34. The van der Waals surface area contributed by atoms with Gasteiger partial charge in [-0.15, -0.1) is 0 Å². The van der Waals surface area contributed by atoms with Crippen LogP contribution in [0, 0.1) is 5.82 Å². The van der Waals surface area contributed by atoms with Gasteiger partial charge >= 0.3 is 6.18 Å². The molecule has 0 spiro atoms. The molecule has 0 atom stereocenters. The summed E-state index contributed by atoms with van der Waals surface area (Å²) in [5.41, 5.74) is -1.10. The van der Waals surface area contributed by atoms with Crippen molar-refractivity contribution >= 4 is 0 Å². The predicted molar refractivity (Wildman–Crippen MR) is 58.3 cm³/mol. The lowest BCUT2D eigenvalue weighted by Crippen LogP contribution is -2.16. The molecule has 0 bridgehead atoms. The lowest BCUT2D eigenvalue weighted by atomic mass is 10.0. The van der Waals surface area contributed by atoms with Crippen LogP contribution in [0.25, 0.3) is 0 Å². The third-order valence-electron chi connectivity index (χ3n) is 2.46. The number of hydrogen-bond acceptors (Lipinski definition) is 1. The highest BCUT2D eigenvalue weighted by Gasteiger charge is 2.34. The molecule has 1 rings (SSSR count). The van der Waals surface area contributed by atoms with Gasteiger partial charge in [-0.2, -0.15) is 13.2 Å². The highest BCUT2D eigenvalue weighted by atomic mass is 19.4. The van der Waals surface area contributed by atoms with Crippen LogP contribution in [0.5, 0.6) is 0 Å². The Kier molecular flexibility index (Phi) is 4.51. The lowest BCUT2D eigenvalue weighted by Gasteiger charge is -2.14. The zero-order chi connectivity index (χ0) is 13.1. The molecule has 0 aliphatic rings. The number of alkyl halides is 3. The van der Waals surface area contributed by atoms with Crippen molar-refractivity contribution in [2.75, 3.05) is 20.6 Å². The fourth-order valence-electron chi connectivity index (χ4n) is 1.65. The van der Waals surface area contributed by atoms with Crippen molar-refractivity contribution in [3.8, 4) is 0 Å². The Morgan fingerprint density at radius 2 is 1.82 bits per heavy atom. The molecule has 1 nitrogen and oxygen atoms in total. The minimum absolute atomic E-state index is 0.0969. The van der Waals surface area contributed by atoms with E-state index in [9.17, 15) is 17.6 Å². The molecule has 0 saturated carbocycles. The van der Waals surface area contributed by atoms with E-state index in [0.717, 1.165) is 18.2 Å².